The molecule has 0 radical (unpaired) electrons. The number of carbonyl (C=O) groups is 2. The van der Waals surface area contributed by atoms with Crippen LogP contribution in [0, 0.1) is 0 Å². The zero-order valence-electron chi connectivity index (χ0n) is 16.6. The summed E-state index contributed by atoms with van der Waals surface area (Å²) in [4.78, 5) is 23.6. The quantitative estimate of drug-likeness (QED) is 0.343. The third-order valence-electron chi connectivity index (χ3n) is 4.40. The number of methoxy groups -OCH3 is 1. The van der Waals surface area contributed by atoms with Crippen LogP contribution in [0.1, 0.15) is 16.1 Å². The first-order valence-electron chi connectivity index (χ1n) is 9.36. The normalized spacial score (nSPS) is 12.0. The maximum atomic E-state index is 12.0. The number of nitrogens with zero attached hydrogens (tertiary/aromatic N) is 1. The van der Waals surface area contributed by atoms with Crippen LogP contribution in [-0.4, -0.2) is 38.5 Å². The van der Waals surface area contributed by atoms with Crippen LogP contribution >= 0.6 is 0 Å². The lowest BCUT2D eigenvalue weighted by Crippen LogP contribution is -2.25. The Hall–Kier alpha value is -4.27. The molecule has 0 atom stereocenters. The summed E-state index contributed by atoms with van der Waals surface area (Å²) >= 11 is 0. The van der Waals surface area contributed by atoms with E-state index in [2.05, 4.69) is 15.8 Å². The topological polar surface area (TPSA) is 111 Å². The average Bonchev–Trinajstić information content (AvgIpc) is 3.46. The highest BCUT2D eigenvalue weighted by molar-refractivity contribution is 5.90. The van der Waals surface area contributed by atoms with Gasteiger partial charge in [-0.15, -0.1) is 0 Å². The van der Waals surface area contributed by atoms with Crippen molar-refractivity contribution in [2.75, 3.05) is 25.8 Å². The van der Waals surface area contributed by atoms with Gasteiger partial charge in [0.15, 0.2) is 11.5 Å². The molecule has 0 aliphatic carbocycles. The van der Waals surface area contributed by atoms with Crippen LogP contribution in [-0.2, 0) is 9.53 Å². The highest BCUT2D eigenvalue weighted by Crippen LogP contribution is 2.34. The predicted molar refractivity (Wildman–Crippen MR) is 112 cm³/mol. The highest BCUT2D eigenvalue weighted by Gasteiger charge is 2.13. The van der Waals surface area contributed by atoms with Crippen molar-refractivity contribution in [1.82, 2.24) is 5.43 Å². The summed E-state index contributed by atoms with van der Waals surface area (Å²) in [5.74, 6) is 1.56. The maximum Gasteiger partial charge on any atom is 0.337 e. The molecule has 3 aromatic rings. The van der Waals surface area contributed by atoms with E-state index in [-0.39, 0.29) is 19.2 Å². The summed E-state index contributed by atoms with van der Waals surface area (Å²) < 4.78 is 21.0. The van der Waals surface area contributed by atoms with Gasteiger partial charge in [0, 0.05) is 17.3 Å². The second-order valence-corrected chi connectivity index (χ2v) is 6.49. The van der Waals surface area contributed by atoms with Gasteiger partial charge in [-0.05, 0) is 36.4 Å². The minimum Gasteiger partial charge on any atom is -0.465 e. The van der Waals surface area contributed by atoms with Crippen molar-refractivity contribution in [2.24, 2.45) is 5.10 Å². The van der Waals surface area contributed by atoms with Crippen molar-refractivity contribution in [3.8, 4) is 22.8 Å². The average molecular weight is 421 g/mol. The summed E-state index contributed by atoms with van der Waals surface area (Å²) in [6.45, 7) is 0.222. The highest BCUT2D eigenvalue weighted by atomic mass is 16.7. The van der Waals surface area contributed by atoms with Crippen LogP contribution in [0.4, 0.5) is 5.69 Å². The van der Waals surface area contributed by atoms with Gasteiger partial charge in [-0.25, -0.2) is 10.2 Å². The second kappa shape index (κ2) is 9.04. The number of hydrogen-bond donors (Lipinski definition) is 2. The lowest BCUT2D eigenvalue weighted by molar-refractivity contribution is -0.119. The Balaban J connectivity index is 1.30. The fourth-order valence-corrected chi connectivity index (χ4v) is 2.89. The van der Waals surface area contributed by atoms with Crippen molar-refractivity contribution in [2.45, 2.75) is 0 Å². The summed E-state index contributed by atoms with van der Waals surface area (Å²) in [6.07, 6.45) is 1.39. The van der Waals surface area contributed by atoms with Crippen molar-refractivity contribution < 1.29 is 28.2 Å². The SMILES string of the molecule is COC(=O)c1cccc(-c2ccc(C=NNC(=O)CNc3ccc4c(c3)OCO4)o2)c1. The molecule has 4 rings (SSSR count). The molecule has 1 aliphatic rings. The van der Waals surface area contributed by atoms with Crippen molar-refractivity contribution in [1.29, 1.82) is 0 Å². The van der Waals surface area contributed by atoms with E-state index in [1.807, 2.05) is 6.07 Å². The van der Waals surface area contributed by atoms with Gasteiger partial charge < -0.3 is 23.9 Å². The lowest BCUT2D eigenvalue weighted by atomic mass is 10.1. The molecule has 1 aromatic heterocycles. The molecule has 9 nitrogen and oxygen atoms in total. The molecule has 1 aliphatic heterocycles. The number of hydrogen-bond acceptors (Lipinski definition) is 8. The van der Waals surface area contributed by atoms with E-state index < -0.39 is 5.97 Å². The molecule has 9 heteroatoms. The summed E-state index contributed by atoms with van der Waals surface area (Å²) in [7, 11) is 1.33. The number of benzene rings is 2. The minimum atomic E-state index is -0.424. The monoisotopic (exact) mass is 421 g/mol. The molecule has 2 aromatic carbocycles. The zero-order chi connectivity index (χ0) is 21.6. The van der Waals surface area contributed by atoms with Crippen LogP contribution in [0.3, 0.4) is 0 Å². The first-order chi connectivity index (χ1) is 15.1. The molecule has 0 saturated heterocycles. The van der Waals surface area contributed by atoms with Crippen LogP contribution in [0.25, 0.3) is 11.3 Å². The van der Waals surface area contributed by atoms with Crippen LogP contribution < -0.4 is 20.2 Å². The molecule has 0 unspecified atom stereocenters. The van der Waals surface area contributed by atoms with E-state index >= 15 is 0 Å². The number of carbonyl (C=O) groups excluding carboxylic acids is 2. The number of hydrazone groups is 1. The smallest absolute Gasteiger partial charge is 0.337 e. The largest absolute Gasteiger partial charge is 0.465 e. The maximum absolute atomic E-state index is 12.0. The molecule has 0 fully saturated rings. The fourth-order valence-electron chi connectivity index (χ4n) is 2.89. The summed E-state index contributed by atoms with van der Waals surface area (Å²) in [6, 6.07) is 15.7. The Morgan fingerprint density at radius 3 is 2.84 bits per heavy atom. The number of furan rings is 1. The summed E-state index contributed by atoms with van der Waals surface area (Å²) in [5, 5.41) is 6.89. The van der Waals surface area contributed by atoms with Crippen molar-refractivity contribution in [3.05, 3.63) is 65.9 Å². The number of ether oxygens (including phenoxy) is 3. The van der Waals surface area contributed by atoms with Crippen molar-refractivity contribution >= 4 is 23.8 Å². The third kappa shape index (κ3) is 4.84. The molecule has 1 amide bonds. The van der Waals surface area contributed by atoms with E-state index in [4.69, 9.17) is 18.6 Å². The van der Waals surface area contributed by atoms with Gasteiger partial charge in [0.2, 0.25) is 6.79 Å². The van der Waals surface area contributed by atoms with Crippen molar-refractivity contribution in [3.63, 3.8) is 0 Å². The third-order valence-corrected chi connectivity index (χ3v) is 4.40. The Morgan fingerprint density at radius 1 is 1.10 bits per heavy atom. The van der Waals surface area contributed by atoms with E-state index in [1.165, 1.54) is 13.3 Å². The molecule has 0 bridgehead atoms. The molecule has 2 N–H and O–H groups in total. The first-order valence-corrected chi connectivity index (χ1v) is 9.36. The van der Waals surface area contributed by atoms with Gasteiger partial charge in [0.25, 0.3) is 5.91 Å². The Morgan fingerprint density at radius 2 is 1.97 bits per heavy atom. The molecule has 2 heterocycles. The number of anilines is 1. The second-order valence-electron chi connectivity index (χ2n) is 6.49. The molecular weight excluding hydrogens is 402 g/mol. The standard InChI is InChI=1S/C22H19N3O6/c1-28-22(27)15-4-2-3-14(9-15)18-8-6-17(31-18)11-24-25-21(26)12-23-16-5-7-19-20(10-16)30-13-29-19/h2-11,23H,12-13H2,1H3,(H,25,26). The van der Waals surface area contributed by atoms with E-state index in [0.29, 0.717) is 28.6 Å². The molecule has 0 spiro atoms. The fraction of sp³-hybridized carbons (Fsp3) is 0.136. The lowest BCUT2D eigenvalue weighted by Gasteiger charge is -2.06. The molecule has 0 saturated carbocycles. The van der Waals surface area contributed by atoms with Crippen LogP contribution in [0.2, 0.25) is 0 Å². The first kappa shape index (κ1) is 20.0. The van der Waals surface area contributed by atoms with Gasteiger partial charge in [0.05, 0.1) is 25.4 Å². The number of esters is 1. The number of fused-ring (bicyclic) bond motifs is 1. The Bertz CT molecular complexity index is 1140. The summed E-state index contributed by atoms with van der Waals surface area (Å²) in [5.41, 5.74) is 4.30. The molecular formula is C22H19N3O6. The molecule has 31 heavy (non-hydrogen) atoms. The zero-order valence-corrected chi connectivity index (χ0v) is 16.6. The van der Waals surface area contributed by atoms with E-state index in [9.17, 15) is 9.59 Å². The number of rotatable bonds is 7. The van der Waals surface area contributed by atoms with Gasteiger partial charge in [-0.1, -0.05) is 12.1 Å². The molecule has 158 valence electrons. The van der Waals surface area contributed by atoms with Gasteiger partial charge in [-0.3, -0.25) is 4.79 Å². The van der Waals surface area contributed by atoms with E-state index in [0.717, 1.165) is 11.3 Å². The van der Waals surface area contributed by atoms with Gasteiger partial charge >= 0.3 is 5.97 Å². The Labute approximate surface area is 177 Å². The minimum absolute atomic E-state index is 0.0285. The van der Waals surface area contributed by atoms with Crippen LogP contribution in [0.15, 0.2) is 64.1 Å². The van der Waals surface area contributed by atoms with E-state index in [1.54, 1.807) is 48.5 Å². The Kier molecular flexibility index (Phi) is 5.84. The van der Waals surface area contributed by atoms with Crippen LogP contribution in [0.5, 0.6) is 11.5 Å². The number of amides is 1. The van der Waals surface area contributed by atoms with Gasteiger partial charge in [-0.2, -0.15) is 5.10 Å². The number of nitrogens with one attached hydrogen (secondary N) is 2. The van der Waals surface area contributed by atoms with Gasteiger partial charge in [0.1, 0.15) is 11.5 Å². The predicted octanol–water partition coefficient (Wildman–Crippen LogP) is 3.02.